The molecule has 0 aliphatic rings. The van der Waals surface area contributed by atoms with Gasteiger partial charge in [0.1, 0.15) is 11.2 Å². The number of rotatable bonds is 5. The molecule has 0 aliphatic heterocycles. The van der Waals surface area contributed by atoms with E-state index >= 15 is 0 Å². The maximum atomic E-state index is 9.44. The first kappa shape index (κ1) is 24.1. The summed E-state index contributed by atoms with van der Waals surface area (Å²) in [5.41, 5.74) is 8.50. The minimum atomic E-state index is -0.453. The van der Waals surface area contributed by atoms with E-state index in [-0.39, 0.29) is 51.3 Å². The van der Waals surface area contributed by atoms with E-state index < -0.39 is 24.2 Å². The third-order valence-corrected chi connectivity index (χ3v) is 10.6. The second-order valence-corrected chi connectivity index (χ2v) is 13.6. The Hall–Kier alpha value is -7.29. The maximum absolute atomic E-state index is 9.44. The lowest BCUT2D eigenvalue weighted by Crippen LogP contribution is -1.94. The molecule has 2 heteroatoms. The molecule has 55 heavy (non-hydrogen) atoms. The molecule has 0 N–H and O–H groups in total. The van der Waals surface area contributed by atoms with E-state index in [9.17, 15) is 5.48 Å². The molecular formula is C53H33NO. The first-order chi connectivity index (χ1) is 30.6. The maximum Gasteiger partial charge on any atom is 0.135 e. The number of hydrogen-bond donors (Lipinski definition) is 0. The Morgan fingerprint density at radius 2 is 0.964 bits per heavy atom. The summed E-state index contributed by atoms with van der Waals surface area (Å²) in [6, 6.07) is 44.3. The van der Waals surface area contributed by atoms with Crippen LogP contribution < -0.4 is 0 Å². The number of fused-ring (bicyclic) bond motifs is 6. The van der Waals surface area contributed by atoms with Gasteiger partial charge < -0.3 is 4.42 Å². The average molecular weight is 708 g/mol. The van der Waals surface area contributed by atoms with Gasteiger partial charge in [-0.1, -0.05) is 170 Å². The van der Waals surface area contributed by atoms with Crippen LogP contribution in [-0.4, -0.2) is 4.98 Å². The summed E-state index contributed by atoms with van der Waals surface area (Å²) in [7, 11) is 0. The van der Waals surface area contributed by atoms with E-state index in [0.717, 1.165) is 60.5 Å². The summed E-state index contributed by atoms with van der Waals surface area (Å²) in [6.07, 6.45) is 1.64. The quantitative estimate of drug-likeness (QED) is 0.166. The van der Waals surface area contributed by atoms with Gasteiger partial charge in [0.2, 0.25) is 0 Å². The average Bonchev–Trinajstić information content (AvgIpc) is 3.71. The molecule has 11 aromatic rings. The smallest absolute Gasteiger partial charge is 0.135 e. The predicted molar refractivity (Wildman–Crippen MR) is 231 cm³/mol. The van der Waals surface area contributed by atoms with E-state index in [0.29, 0.717) is 22.4 Å². The number of benzene rings is 9. The van der Waals surface area contributed by atoms with Crippen LogP contribution in [0.3, 0.4) is 0 Å². The Bertz CT molecular complexity index is 3630. The molecule has 0 saturated carbocycles. The van der Waals surface area contributed by atoms with E-state index in [1.165, 1.54) is 0 Å². The van der Waals surface area contributed by atoms with Crippen molar-refractivity contribution in [3.05, 3.63) is 200 Å². The molecule has 0 atom stereocenters. The third kappa shape index (κ3) is 5.07. The van der Waals surface area contributed by atoms with Crippen molar-refractivity contribution in [2.24, 2.45) is 0 Å². The highest BCUT2D eigenvalue weighted by molar-refractivity contribution is 6.23. The number of nitrogens with zero attached hydrogens (tertiary/aromatic N) is 1. The molecular weight excluding hydrogens is 667 g/mol. The number of para-hydroxylation sites is 1. The third-order valence-electron chi connectivity index (χ3n) is 10.6. The van der Waals surface area contributed by atoms with Crippen LogP contribution in [0.25, 0.3) is 110 Å². The molecule has 0 unspecified atom stereocenters. The molecule has 9 aromatic carbocycles. The lowest BCUT2D eigenvalue weighted by molar-refractivity contribution is 0.669. The second kappa shape index (κ2) is 12.7. The second-order valence-electron chi connectivity index (χ2n) is 13.6. The zero-order valence-corrected chi connectivity index (χ0v) is 29.3. The fourth-order valence-corrected chi connectivity index (χ4v) is 8.14. The van der Waals surface area contributed by atoms with Crippen LogP contribution in [-0.2, 0) is 0 Å². The molecule has 2 nitrogen and oxygen atoms in total. The standard InChI is InChI=1S/C53H33NO/c1-2-14-35(15-3-1)39-24-13-25-40(36-29-31-50-47(32-36)41-19-10-11-27-49(41)55-50)53(39)48-30-28-37(33-54-48)51-43-20-6-8-22-45(43)52(46-23-9-7-21-44(46)51)42-26-12-17-34-16-4-5-18-38(34)42/h1-33H/i6D,7D,8D,9D,20D,21D,22D,23D. The molecule has 2 heterocycles. The minimum absolute atomic E-state index is 0.141. The van der Waals surface area contributed by atoms with Gasteiger partial charge in [0.15, 0.2) is 0 Å². The van der Waals surface area contributed by atoms with Gasteiger partial charge in [-0.05, 0) is 95.5 Å². The first-order valence-corrected chi connectivity index (χ1v) is 18.1. The zero-order valence-electron chi connectivity index (χ0n) is 37.3. The molecule has 0 aliphatic carbocycles. The predicted octanol–water partition coefficient (Wildman–Crippen LogP) is 14.8. The summed E-state index contributed by atoms with van der Waals surface area (Å²) in [5, 5.41) is 4.25. The van der Waals surface area contributed by atoms with Crippen molar-refractivity contribution >= 4 is 54.3 Å². The van der Waals surface area contributed by atoms with Crippen molar-refractivity contribution in [1.29, 1.82) is 0 Å². The van der Waals surface area contributed by atoms with Crippen LogP contribution in [0.15, 0.2) is 205 Å². The molecule has 0 saturated heterocycles. The normalized spacial score (nSPS) is 13.7. The summed E-state index contributed by atoms with van der Waals surface area (Å²) < 4.78 is 79.4. The summed E-state index contributed by atoms with van der Waals surface area (Å²) in [6.45, 7) is 0. The fourth-order valence-electron chi connectivity index (χ4n) is 8.14. The Labute approximate surface area is 329 Å². The highest BCUT2D eigenvalue weighted by atomic mass is 16.3. The van der Waals surface area contributed by atoms with Crippen LogP contribution in [0.2, 0.25) is 0 Å². The van der Waals surface area contributed by atoms with Gasteiger partial charge in [-0.15, -0.1) is 0 Å². The first-order valence-electron chi connectivity index (χ1n) is 22.1. The summed E-state index contributed by atoms with van der Waals surface area (Å²) >= 11 is 0. The molecule has 0 radical (unpaired) electrons. The number of aromatic nitrogens is 1. The van der Waals surface area contributed by atoms with Crippen LogP contribution in [0.5, 0.6) is 0 Å². The number of pyridine rings is 1. The van der Waals surface area contributed by atoms with Gasteiger partial charge >= 0.3 is 0 Å². The van der Waals surface area contributed by atoms with Crippen molar-refractivity contribution in [1.82, 2.24) is 4.98 Å². The number of hydrogen-bond acceptors (Lipinski definition) is 2. The van der Waals surface area contributed by atoms with Crippen molar-refractivity contribution in [3.63, 3.8) is 0 Å². The molecule has 0 spiro atoms. The van der Waals surface area contributed by atoms with Crippen LogP contribution in [0.1, 0.15) is 11.0 Å². The summed E-state index contributed by atoms with van der Waals surface area (Å²) in [5.74, 6) is 0. The van der Waals surface area contributed by atoms with Crippen LogP contribution >= 0.6 is 0 Å². The minimum Gasteiger partial charge on any atom is -0.456 e. The lowest BCUT2D eigenvalue weighted by atomic mass is 9.85. The van der Waals surface area contributed by atoms with Crippen molar-refractivity contribution in [2.45, 2.75) is 0 Å². The summed E-state index contributed by atoms with van der Waals surface area (Å²) in [4.78, 5) is 5.12. The molecule has 2 aromatic heterocycles. The van der Waals surface area contributed by atoms with Crippen molar-refractivity contribution in [3.8, 4) is 55.8 Å². The van der Waals surface area contributed by atoms with Gasteiger partial charge in [-0.25, -0.2) is 0 Å². The number of furan rings is 1. The van der Waals surface area contributed by atoms with Gasteiger partial charge in [0, 0.05) is 28.1 Å². The van der Waals surface area contributed by atoms with Gasteiger partial charge in [-0.3, -0.25) is 4.98 Å². The Morgan fingerprint density at radius 3 is 1.71 bits per heavy atom. The highest BCUT2D eigenvalue weighted by Crippen LogP contribution is 2.46. The molecule has 0 bridgehead atoms. The van der Waals surface area contributed by atoms with E-state index in [4.69, 9.17) is 14.9 Å². The van der Waals surface area contributed by atoms with Gasteiger partial charge in [0.05, 0.1) is 16.7 Å². The SMILES string of the molecule is [2H]c1c([2H])c([2H])c2c(-c3cccc4ccccc34)c3c([2H])c([2H])c([2H])c([2H])c3c(-c3ccc(-c4c(-c5ccccc5)cccc4-c4ccc5oc6ccccc6c5c4)nc3)c2c1[2H]. The molecule has 0 fully saturated rings. The van der Waals surface area contributed by atoms with Gasteiger partial charge in [-0.2, -0.15) is 0 Å². The van der Waals surface area contributed by atoms with E-state index in [1.807, 2.05) is 109 Å². The van der Waals surface area contributed by atoms with Crippen molar-refractivity contribution in [2.75, 3.05) is 0 Å². The monoisotopic (exact) mass is 707 g/mol. The van der Waals surface area contributed by atoms with Crippen LogP contribution in [0, 0.1) is 0 Å². The van der Waals surface area contributed by atoms with Gasteiger partial charge in [0.25, 0.3) is 0 Å². The molecule has 11 rings (SSSR count). The molecule has 0 amide bonds. The largest absolute Gasteiger partial charge is 0.456 e. The fraction of sp³-hybridized carbons (Fsp3) is 0. The van der Waals surface area contributed by atoms with Crippen LogP contribution in [0.4, 0.5) is 0 Å². The van der Waals surface area contributed by atoms with E-state index in [2.05, 4.69) is 36.4 Å². The van der Waals surface area contributed by atoms with E-state index in [1.54, 1.807) is 6.20 Å². The topological polar surface area (TPSA) is 26.0 Å². The van der Waals surface area contributed by atoms with Crippen molar-refractivity contribution < 1.29 is 15.4 Å². The lowest BCUT2D eigenvalue weighted by Gasteiger charge is -2.19. The molecule has 256 valence electrons. The Kier molecular flexibility index (Phi) is 5.56. The Morgan fingerprint density at radius 1 is 0.382 bits per heavy atom. The Balaban J connectivity index is 1.22. The zero-order chi connectivity index (χ0) is 43.3. The highest BCUT2D eigenvalue weighted by Gasteiger charge is 2.20.